The summed E-state index contributed by atoms with van der Waals surface area (Å²) < 4.78 is 7.26. The molecule has 1 aliphatic rings. The molecule has 32 heavy (non-hydrogen) atoms. The minimum absolute atomic E-state index is 0.243. The van der Waals surface area contributed by atoms with Crippen LogP contribution in [0.2, 0.25) is 0 Å². The van der Waals surface area contributed by atoms with Gasteiger partial charge in [0.15, 0.2) is 5.13 Å². The van der Waals surface area contributed by atoms with Gasteiger partial charge in [0.1, 0.15) is 11.4 Å². The molecule has 1 amide bonds. The first-order valence-electron chi connectivity index (χ1n) is 10.4. The van der Waals surface area contributed by atoms with Crippen molar-refractivity contribution >= 4 is 22.4 Å². The van der Waals surface area contributed by atoms with Gasteiger partial charge in [-0.2, -0.15) is 5.10 Å². The van der Waals surface area contributed by atoms with Crippen molar-refractivity contribution in [2.75, 3.05) is 26.0 Å². The molecule has 1 N–H and O–H groups in total. The van der Waals surface area contributed by atoms with Gasteiger partial charge in [-0.15, -0.1) is 11.3 Å². The number of nitrogens with one attached hydrogen (secondary N) is 1. The van der Waals surface area contributed by atoms with E-state index in [1.807, 2.05) is 54.6 Å². The molecule has 0 bridgehead atoms. The summed E-state index contributed by atoms with van der Waals surface area (Å²) in [7, 11) is 3.71. The number of carbonyl (C=O) groups excluding carboxylic acids is 1. The summed E-state index contributed by atoms with van der Waals surface area (Å²) in [5.74, 6) is 0.417. The standard InChI is InChI=1S/C24H23N5O2S/c1-28-13-12-19-21(15-28)32-24(25-19)26-23(30)18-14-29(16-8-4-3-5-9-16)27-22(18)17-10-6-7-11-20(17)31-2/h3-11,14H,12-13,15H2,1-2H3,(H,25,26,30). The first kappa shape index (κ1) is 20.4. The van der Waals surface area contributed by atoms with E-state index in [4.69, 9.17) is 9.84 Å². The monoisotopic (exact) mass is 445 g/mol. The minimum Gasteiger partial charge on any atom is -0.496 e. The molecule has 3 heterocycles. The van der Waals surface area contributed by atoms with Crippen LogP contribution < -0.4 is 10.1 Å². The zero-order valence-electron chi connectivity index (χ0n) is 17.9. The van der Waals surface area contributed by atoms with Gasteiger partial charge in [-0.3, -0.25) is 10.1 Å². The summed E-state index contributed by atoms with van der Waals surface area (Å²) in [6.07, 6.45) is 2.66. The third kappa shape index (κ3) is 3.90. The van der Waals surface area contributed by atoms with Crippen LogP contribution in [0.25, 0.3) is 16.9 Å². The van der Waals surface area contributed by atoms with E-state index in [1.165, 1.54) is 16.2 Å². The highest BCUT2D eigenvalue weighted by molar-refractivity contribution is 7.15. The number of anilines is 1. The van der Waals surface area contributed by atoms with Crippen LogP contribution in [0.5, 0.6) is 5.75 Å². The average Bonchev–Trinajstić information content (AvgIpc) is 3.43. The first-order chi connectivity index (χ1) is 15.6. The zero-order chi connectivity index (χ0) is 22.1. The fraction of sp³-hybridized carbons (Fsp3) is 0.208. The van der Waals surface area contributed by atoms with Gasteiger partial charge in [-0.25, -0.2) is 9.67 Å². The Balaban J connectivity index is 1.53. The summed E-state index contributed by atoms with van der Waals surface area (Å²) >= 11 is 1.54. The van der Waals surface area contributed by atoms with Crippen LogP contribution >= 0.6 is 11.3 Å². The smallest absolute Gasteiger partial charge is 0.261 e. The molecule has 5 rings (SSSR count). The number of benzene rings is 2. The van der Waals surface area contributed by atoms with E-state index in [0.717, 1.165) is 36.5 Å². The van der Waals surface area contributed by atoms with Gasteiger partial charge >= 0.3 is 0 Å². The van der Waals surface area contributed by atoms with Gasteiger partial charge in [0.05, 0.1) is 24.1 Å². The Hall–Kier alpha value is -3.49. The maximum atomic E-state index is 13.4. The molecular weight excluding hydrogens is 422 g/mol. The van der Waals surface area contributed by atoms with Crippen LogP contribution in [-0.2, 0) is 13.0 Å². The van der Waals surface area contributed by atoms with E-state index in [-0.39, 0.29) is 5.91 Å². The number of hydrogen-bond donors (Lipinski definition) is 1. The number of carbonyl (C=O) groups is 1. The number of hydrogen-bond acceptors (Lipinski definition) is 6. The number of ether oxygens (including phenoxy) is 1. The SMILES string of the molecule is COc1ccccc1-c1nn(-c2ccccc2)cc1C(=O)Nc1nc2c(s1)CN(C)CC2. The normalized spacial score (nSPS) is 13.6. The van der Waals surface area contributed by atoms with Crippen molar-refractivity contribution in [2.45, 2.75) is 13.0 Å². The highest BCUT2D eigenvalue weighted by Gasteiger charge is 2.24. The maximum absolute atomic E-state index is 13.4. The molecule has 0 atom stereocenters. The Kier molecular flexibility index (Phi) is 5.46. The van der Waals surface area contributed by atoms with Gasteiger partial charge in [-0.1, -0.05) is 30.3 Å². The first-order valence-corrected chi connectivity index (χ1v) is 11.2. The summed E-state index contributed by atoms with van der Waals surface area (Å²) in [5.41, 5.74) is 3.73. The molecular formula is C24H23N5O2S. The van der Waals surface area contributed by atoms with Crippen molar-refractivity contribution < 1.29 is 9.53 Å². The summed E-state index contributed by atoms with van der Waals surface area (Å²) in [5, 5.41) is 8.37. The number of fused-ring (bicyclic) bond motifs is 1. The van der Waals surface area contributed by atoms with Crippen molar-refractivity contribution in [3.8, 4) is 22.7 Å². The number of rotatable bonds is 5. The molecule has 0 aliphatic carbocycles. The molecule has 2 aromatic carbocycles. The Bertz CT molecular complexity index is 1260. The topological polar surface area (TPSA) is 72.3 Å². The van der Waals surface area contributed by atoms with Crippen molar-refractivity contribution in [1.82, 2.24) is 19.7 Å². The third-order valence-electron chi connectivity index (χ3n) is 5.48. The quantitative estimate of drug-likeness (QED) is 0.497. The van der Waals surface area contributed by atoms with E-state index < -0.39 is 0 Å². The minimum atomic E-state index is -0.243. The predicted octanol–water partition coefficient (Wildman–Crippen LogP) is 4.24. The lowest BCUT2D eigenvalue weighted by Crippen LogP contribution is -2.25. The lowest BCUT2D eigenvalue weighted by atomic mass is 10.1. The van der Waals surface area contributed by atoms with Gasteiger partial charge < -0.3 is 9.64 Å². The Morgan fingerprint density at radius 1 is 1.12 bits per heavy atom. The van der Waals surface area contributed by atoms with Crippen LogP contribution in [0.3, 0.4) is 0 Å². The fourth-order valence-corrected chi connectivity index (χ4v) is 4.92. The molecule has 0 saturated heterocycles. The van der Waals surface area contributed by atoms with E-state index >= 15 is 0 Å². The molecule has 4 aromatic rings. The number of amides is 1. The lowest BCUT2D eigenvalue weighted by molar-refractivity contribution is 0.102. The molecule has 0 spiro atoms. The maximum Gasteiger partial charge on any atom is 0.261 e. The molecule has 0 fully saturated rings. The van der Waals surface area contributed by atoms with E-state index in [1.54, 1.807) is 18.0 Å². The van der Waals surface area contributed by atoms with Crippen molar-refractivity contribution in [3.05, 3.63) is 76.9 Å². The largest absolute Gasteiger partial charge is 0.496 e. The van der Waals surface area contributed by atoms with E-state index in [2.05, 4.69) is 22.2 Å². The van der Waals surface area contributed by atoms with Crippen LogP contribution in [0, 0.1) is 0 Å². The molecule has 7 nitrogen and oxygen atoms in total. The van der Waals surface area contributed by atoms with Gasteiger partial charge in [0, 0.05) is 36.1 Å². The van der Waals surface area contributed by atoms with Gasteiger partial charge in [0.25, 0.3) is 5.91 Å². The second-order valence-electron chi connectivity index (χ2n) is 7.70. The van der Waals surface area contributed by atoms with E-state index in [9.17, 15) is 4.79 Å². The Labute approximate surface area is 190 Å². The van der Waals surface area contributed by atoms with Crippen LogP contribution in [-0.4, -0.2) is 46.3 Å². The van der Waals surface area contributed by atoms with Crippen LogP contribution in [0.1, 0.15) is 20.9 Å². The van der Waals surface area contributed by atoms with E-state index in [0.29, 0.717) is 22.1 Å². The number of thiazole rings is 1. The van der Waals surface area contributed by atoms with Gasteiger partial charge in [0.2, 0.25) is 0 Å². The van der Waals surface area contributed by atoms with Crippen molar-refractivity contribution in [3.63, 3.8) is 0 Å². The number of aromatic nitrogens is 3. The number of methoxy groups -OCH3 is 1. The molecule has 0 radical (unpaired) electrons. The Morgan fingerprint density at radius 3 is 2.72 bits per heavy atom. The number of nitrogens with zero attached hydrogens (tertiary/aromatic N) is 4. The third-order valence-corrected chi connectivity index (χ3v) is 6.48. The number of likely N-dealkylation sites (N-methyl/N-ethyl adjacent to an activating group) is 1. The summed E-state index contributed by atoms with van der Waals surface area (Å²) in [6, 6.07) is 17.3. The highest BCUT2D eigenvalue weighted by atomic mass is 32.1. The predicted molar refractivity (Wildman–Crippen MR) is 126 cm³/mol. The van der Waals surface area contributed by atoms with Crippen molar-refractivity contribution in [2.24, 2.45) is 0 Å². The van der Waals surface area contributed by atoms with Crippen molar-refractivity contribution in [1.29, 1.82) is 0 Å². The molecule has 1 aliphatic heterocycles. The van der Waals surface area contributed by atoms with Crippen LogP contribution in [0.4, 0.5) is 5.13 Å². The molecule has 0 saturated carbocycles. The molecule has 8 heteroatoms. The molecule has 2 aromatic heterocycles. The second-order valence-corrected chi connectivity index (χ2v) is 8.79. The number of para-hydroxylation sites is 2. The molecule has 162 valence electrons. The highest BCUT2D eigenvalue weighted by Crippen LogP contribution is 2.33. The molecule has 0 unspecified atom stereocenters. The Morgan fingerprint density at radius 2 is 1.91 bits per heavy atom. The second kappa shape index (κ2) is 8.57. The zero-order valence-corrected chi connectivity index (χ0v) is 18.7. The summed E-state index contributed by atoms with van der Waals surface area (Å²) in [6.45, 7) is 1.84. The fourth-order valence-electron chi connectivity index (χ4n) is 3.83. The van der Waals surface area contributed by atoms with Gasteiger partial charge in [-0.05, 0) is 31.3 Å². The average molecular weight is 446 g/mol. The van der Waals surface area contributed by atoms with Crippen LogP contribution in [0.15, 0.2) is 60.8 Å². The lowest BCUT2D eigenvalue weighted by Gasteiger charge is -2.20. The summed E-state index contributed by atoms with van der Waals surface area (Å²) in [4.78, 5) is 21.5.